The molecule has 3 heterocycles. The van der Waals surface area contributed by atoms with E-state index in [-0.39, 0.29) is 5.75 Å². The Balaban J connectivity index is 1.54. The lowest BCUT2D eigenvalue weighted by atomic mass is 9.91. The van der Waals surface area contributed by atoms with E-state index in [2.05, 4.69) is 26.8 Å². The van der Waals surface area contributed by atoms with Crippen LogP contribution in [0.25, 0.3) is 22.5 Å². The van der Waals surface area contributed by atoms with E-state index in [1.54, 1.807) is 31.0 Å². The normalized spacial score (nSPS) is 17.4. The molecule has 6 heteroatoms. The van der Waals surface area contributed by atoms with Gasteiger partial charge < -0.3 is 15.0 Å². The van der Waals surface area contributed by atoms with Crippen LogP contribution in [-0.4, -0.2) is 37.7 Å². The van der Waals surface area contributed by atoms with Crippen molar-refractivity contribution >= 4 is 5.57 Å². The highest BCUT2D eigenvalue weighted by molar-refractivity contribution is 5.69. The van der Waals surface area contributed by atoms with Gasteiger partial charge in [-0.05, 0) is 56.0 Å². The molecule has 1 aromatic carbocycles. The maximum absolute atomic E-state index is 10.4. The van der Waals surface area contributed by atoms with E-state index in [1.165, 1.54) is 0 Å². The highest BCUT2D eigenvalue weighted by atomic mass is 16.3. The van der Waals surface area contributed by atoms with Gasteiger partial charge in [0.05, 0.1) is 35.8 Å². The first-order valence-electron chi connectivity index (χ1n) is 9.26. The first-order valence-corrected chi connectivity index (χ1v) is 9.26. The summed E-state index contributed by atoms with van der Waals surface area (Å²) in [5.41, 5.74) is 4.03. The van der Waals surface area contributed by atoms with E-state index in [0.29, 0.717) is 17.2 Å². The fourth-order valence-corrected chi connectivity index (χ4v) is 3.52. The number of allylic oxidation sites excluding steroid dienone is 1. The fraction of sp³-hybridized carbons (Fsp3) is 0.286. The maximum Gasteiger partial charge on any atom is 0.127 e. The van der Waals surface area contributed by atoms with Crippen LogP contribution in [0.5, 0.6) is 5.75 Å². The molecule has 0 saturated carbocycles. The largest absolute Gasteiger partial charge is 0.507 e. The molecule has 1 fully saturated rings. The highest BCUT2D eigenvalue weighted by Crippen LogP contribution is 2.31. The van der Waals surface area contributed by atoms with Crippen molar-refractivity contribution in [2.24, 2.45) is 5.92 Å². The van der Waals surface area contributed by atoms with Crippen LogP contribution in [0.15, 0.2) is 55.9 Å². The Bertz CT molecular complexity index is 910. The third kappa shape index (κ3) is 3.75. The van der Waals surface area contributed by atoms with Crippen molar-refractivity contribution in [3.8, 4) is 22.7 Å². The summed E-state index contributed by atoms with van der Waals surface area (Å²) < 4.78 is 1.84. The van der Waals surface area contributed by atoms with Gasteiger partial charge in [0.15, 0.2) is 0 Å². The van der Waals surface area contributed by atoms with Gasteiger partial charge in [-0.25, -0.2) is 4.98 Å². The Kier molecular flexibility index (Phi) is 4.98. The third-order valence-electron chi connectivity index (χ3n) is 5.11. The number of hydrogen-bond acceptors (Lipinski definition) is 5. The Morgan fingerprint density at radius 3 is 2.85 bits per heavy atom. The van der Waals surface area contributed by atoms with Gasteiger partial charge >= 0.3 is 0 Å². The Labute approximate surface area is 158 Å². The minimum atomic E-state index is 0.164. The Morgan fingerprint density at radius 1 is 1.19 bits per heavy atom. The van der Waals surface area contributed by atoms with Gasteiger partial charge in [0.25, 0.3) is 0 Å². The van der Waals surface area contributed by atoms with Gasteiger partial charge in [-0.2, -0.15) is 0 Å². The number of aromatic nitrogens is 4. The summed E-state index contributed by atoms with van der Waals surface area (Å²) in [6.07, 6.45) is 12.1. The summed E-state index contributed by atoms with van der Waals surface area (Å²) >= 11 is 0. The smallest absolute Gasteiger partial charge is 0.127 e. The van der Waals surface area contributed by atoms with E-state index in [0.717, 1.165) is 49.3 Å². The molecular weight excluding hydrogens is 338 g/mol. The molecule has 0 amide bonds. The van der Waals surface area contributed by atoms with E-state index >= 15 is 0 Å². The van der Waals surface area contributed by atoms with Crippen LogP contribution in [-0.2, 0) is 0 Å². The molecule has 0 spiro atoms. The molecule has 1 saturated heterocycles. The summed E-state index contributed by atoms with van der Waals surface area (Å²) in [7, 11) is 0. The summed E-state index contributed by atoms with van der Waals surface area (Å²) in [6, 6.07) is 5.47. The second-order valence-electron chi connectivity index (χ2n) is 6.86. The summed E-state index contributed by atoms with van der Waals surface area (Å²) in [5.74, 6) is 0.611. The second kappa shape index (κ2) is 7.72. The van der Waals surface area contributed by atoms with Crippen LogP contribution in [0.1, 0.15) is 25.0 Å². The SMILES string of the molecule is C=C(c1cnc(-c2ccc(-n3ccnc3)cc2O)cn1)[C@H]1CCCNCC1. The van der Waals surface area contributed by atoms with Crippen LogP contribution >= 0.6 is 0 Å². The molecular formula is C21H23N5O. The molecule has 0 bridgehead atoms. The van der Waals surface area contributed by atoms with Gasteiger partial charge in [-0.15, -0.1) is 0 Å². The number of rotatable bonds is 4. The topological polar surface area (TPSA) is 75.9 Å². The number of hydrogen-bond donors (Lipinski definition) is 2. The molecule has 0 radical (unpaired) electrons. The van der Waals surface area contributed by atoms with E-state index < -0.39 is 0 Å². The lowest BCUT2D eigenvalue weighted by Gasteiger charge is -2.16. The number of nitrogens with zero attached hydrogens (tertiary/aromatic N) is 4. The molecule has 2 aromatic heterocycles. The average molecular weight is 361 g/mol. The molecule has 6 nitrogen and oxygen atoms in total. The summed E-state index contributed by atoms with van der Waals surface area (Å²) in [6.45, 7) is 6.35. The van der Waals surface area contributed by atoms with Gasteiger partial charge in [0, 0.05) is 24.0 Å². The molecule has 27 heavy (non-hydrogen) atoms. The van der Waals surface area contributed by atoms with Crippen LogP contribution in [0.3, 0.4) is 0 Å². The number of nitrogens with one attached hydrogen (secondary N) is 1. The predicted octanol–water partition coefficient (Wildman–Crippen LogP) is 3.44. The van der Waals surface area contributed by atoms with E-state index in [1.807, 2.05) is 22.9 Å². The van der Waals surface area contributed by atoms with E-state index in [9.17, 15) is 5.11 Å². The first-order chi connectivity index (χ1) is 13.2. The zero-order valence-electron chi connectivity index (χ0n) is 15.2. The number of imidazole rings is 1. The summed E-state index contributed by atoms with van der Waals surface area (Å²) in [4.78, 5) is 13.1. The van der Waals surface area contributed by atoms with E-state index in [4.69, 9.17) is 0 Å². The lowest BCUT2D eigenvalue weighted by Crippen LogP contribution is -2.14. The number of benzene rings is 1. The molecule has 0 unspecified atom stereocenters. The van der Waals surface area contributed by atoms with Crippen LogP contribution in [0.2, 0.25) is 0 Å². The van der Waals surface area contributed by atoms with Crippen molar-refractivity contribution in [3.05, 3.63) is 61.6 Å². The Morgan fingerprint density at radius 2 is 2.11 bits per heavy atom. The molecule has 1 atom stereocenters. The van der Waals surface area contributed by atoms with Crippen molar-refractivity contribution in [1.29, 1.82) is 0 Å². The third-order valence-corrected chi connectivity index (χ3v) is 5.11. The average Bonchev–Trinajstić information content (AvgIpc) is 3.10. The molecule has 1 aliphatic rings. The molecule has 4 rings (SSSR count). The monoisotopic (exact) mass is 361 g/mol. The van der Waals surface area contributed by atoms with Crippen molar-refractivity contribution in [1.82, 2.24) is 24.8 Å². The van der Waals surface area contributed by atoms with Gasteiger partial charge in [0.2, 0.25) is 0 Å². The maximum atomic E-state index is 10.4. The summed E-state index contributed by atoms with van der Waals surface area (Å²) in [5, 5.41) is 13.9. The predicted molar refractivity (Wildman–Crippen MR) is 105 cm³/mol. The number of phenols is 1. The molecule has 138 valence electrons. The zero-order chi connectivity index (χ0) is 18.6. The molecule has 0 aliphatic carbocycles. The van der Waals surface area contributed by atoms with Crippen LogP contribution < -0.4 is 5.32 Å². The standard InChI is InChI=1S/C21H23N5O/c1-15(16-3-2-7-22-8-6-16)19-12-25-20(13-24-19)18-5-4-17(11-21(18)27)26-10-9-23-14-26/h4-5,9-14,16,22,27H,1-3,6-8H2/t16-/m0/s1. The Hall–Kier alpha value is -2.99. The number of phenolic OH excluding ortho intramolecular Hbond substituents is 1. The molecule has 2 N–H and O–H groups in total. The van der Waals surface area contributed by atoms with Crippen LogP contribution in [0, 0.1) is 5.92 Å². The molecule has 3 aromatic rings. The van der Waals surface area contributed by atoms with Crippen molar-refractivity contribution in [3.63, 3.8) is 0 Å². The first kappa shape index (κ1) is 17.4. The lowest BCUT2D eigenvalue weighted by molar-refractivity contribution is 0.477. The van der Waals surface area contributed by atoms with Gasteiger partial charge in [0.1, 0.15) is 5.75 Å². The minimum absolute atomic E-state index is 0.164. The highest BCUT2D eigenvalue weighted by Gasteiger charge is 2.18. The number of aromatic hydroxyl groups is 1. The zero-order valence-corrected chi connectivity index (χ0v) is 15.2. The van der Waals surface area contributed by atoms with Crippen molar-refractivity contribution in [2.75, 3.05) is 13.1 Å². The van der Waals surface area contributed by atoms with Crippen molar-refractivity contribution in [2.45, 2.75) is 19.3 Å². The second-order valence-corrected chi connectivity index (χ2v) is 6.86. The fourth-order valence-electron chi connectivity index (χ4n) is 3.52. The van der Waals surface area contributed by atoms with Crippen molar-refractivity contribution < 1.29 is 5.11 Å². The minimum Gasteiger partial charge on any atom is -0.507 e. The van der Waals surface area contributed by atoms with Gasteiger partial charge in [-0.1, -0.05) is 6.58 Å². The van der Waals surface area contributed by atoms with Gasteiger partial charge in [-0.3, -0.25) is 9.97 Å². The molecule has 1 aliphatic heterocycles. The quantitative estimate of drug-likeness (QED) is 0.744. The van der Waals surface area contributed by atoms with Crippen LogP contribution in [0.4, 0.5) is 0 Å².